The minimum atomic E-state index is 0.396. The quantitative estimate of drug-likeness (QED) is 0.199. The zero-order chi connectivity index (χ0) is 43.6. The van der Waals surface area contributed by atoms with Crippen molar-refractivity contribution >= 4 is 23.5 Å². The van der Waals surface area contributed by atoms with Gasteiger partial charge in [0.25, 0.3) is 0 Å². The maximum atomic E-state index is 3.08. The van der Waals surface area contributed by atoms with E-state index in [9.17, 15) is 0 Å². The number of para-hydroxylation sites is 1. The van der Waals surface area contributed by atoms with Crippen molar-refractivity contribution in [3.05, 3.63) is 159 Å². The summed E-state index contributed by atoms with van der Waals surface area (Å²) in [5, 5.41) is 0. The van der Waals surface area contributed by atoms with Crippen molar-refractivity contribution in [3.8, 4) is 5.69 Å². The molecule has 11 unspecified atom stereocenters. The van der Waals surface area contributed by atoms with Crippen LogP contribution in [0.15, 0.2) is 103 Å². The van der Waals surface area contributed by atoms with Crippen molar-refractivity contribution in [1.29, 1.82) is 0 Å². The third-order valence-corrected chi connectivity index (χ3v) is 19.2. The number of hydrogen-bond donors (Lipinski definition) is 0. The Morgan fingerprint density at radius 3 is 2.45 bits per heavy atom. The molecule has 0 spiro atoms. The fourth-order valence-electron chi connectivity index (χ4n) is 16.7. The molecule has 2 aliphatic heterocycles. The molecule has 8 aliphatic carbocycles. The summed E-state index contributed by atoms with van der Waals surface area (Å²) >= 11 is 0. The molecule has 4 heterocycles. The number of rotatable bonds is 5. The fraction of sp³-hybridized carbons (Fsp3) is 0.484. The summed E-state index contributed by atoms with van der Waals surface area (Å²) in [6, 6.07) is 22.2. The van der Waals surface area contributed by atoms with Crippen molar-refractivity contribution in [1.82, 2.24) is 14.0 Å². The number of aromatic nitrogens is 2. The molecule has 338 valence electrons. The predicted octanol–water partition coefficient (Wildman–Crippen LogP) is 13.5. The summed E-state index contributed by atoms with van der Waals surface area (Å²) in [4.78, 5) is 5.95. The van der Waals surface area contributed by atoms with Gasteiger partial charge in [0.2, 0.25) is 0 Å². The van der Waals surface area contributed by atoms with Gasteiger partial charge >= 0.3 is 0 Å². The first-order chi connectivity index (χ1) is 32.6. The number of fused-ring (bicyclic) bond motifs is 12. The lowest BCUT2D eigenvalue weighted by atomic mass is 9.69. The largest absolute Gasteiger partial charge is 0.361 e. The predicted molar refractivity (Wildman–Crippen MR) is 273 cm³/mol. The molecule has 4 aromatic rings. The minimum Gasteiger partial charge on any atom is -0.361 e. The summed E-state index contributed by atoms with van der Waals surface area (Å²) in [6.45, 7) is 5.09. The van der Waals surface area contributed by atoms with E-state index in [0.29, 0.717) is 48.0 Å². The van der Waals surface area contributed by atoms with Crippen LogP contribution in [0.4, 0.5) is 5.69 Å². The molecule has 14 rings (SSSR count). The Morgan fingerprint density at radius 1 is 0.667 bits per heavy atom. The van der Waals surface area contributed by atoms with Crippen LogP contribution in [0.3, 0.4) is 0 Å². The van der Waals surface area contributed by atoms with Crippen molar-refractivity contribution < 1.29 is 0 Å². The van der Waals surface area contributed by atoms with E-state index in [1.54, 1.807) is 44.9 Å². The molecule has 4 heteroatoms. The Bertz CT molecular complexity index is 2760. The molecule has 66 heavy (non-hydrogen) atoms. The van der Waals surface area contributed by atoms with Crippen molar-refractivity contribution in [2.45, 2.75) is 165 Å². The number of benzene rings is 2. The number of nitrogens with zero attached hydrogens (tertiary/aromatic N) is 4. The Kier molecular flexibility index (Phi) is 9.70. The van der Waals surface area contributed by atoms with Crippen LogP contribution < -0.4 is 4.90 Å². The highest BCUT2D eigenvalue weighted by Gasteiger charge is 2.54. The fourth-order valence-corrected chi connectivity index (χ4v) is 16.7. The maximum absolute atomic E-state index is 3.08. The van der Waals surface area contributed by atoms with Gasteiger partial charge in [-0.25, -0.2) is 0 Å². The molecule has 0 N–H and O–H groups in total. The van der Waals surface area contributed by atoms with E-state index in [-0.39, 0.29) is 0 Å². The first kappa shape index (κ1) is 40.3. The van der Waals surface area contributed by atoms with Gasteiger partial charge in [-0.3, -0.25) is 4.90 Å². The summed E-state index contributed by atoms with van der Waals surface area (Å²) in [5.74, 6) is 4.15. The van der Waals surface area contributed by atoms with E-state index in [4.69, 9.17) is 0 Å². The van der Waals surface area contributed by atoms with Crippen molar-refractivity contribution in [2.75, 3.05) is 4.90 Å². The number of hydrogen-bond acceptors (Lipinski definition) is 2. The van der Waals surface area contributed by atoms with Gasteiger partial charge in [-0.1, -0.05) is 112 Å². The van der Waals surface area contributed by atoms with Crippen LogP contribution in [0.2, 0.25) is 0 Å². The van der Waals surface area contributed by atoms with Gasteiger partial charge in [0.05, 0.1) is 6.04 Å². The van der Waals surface area contributed by atoms with E-state index < -0.39 is 0 Å². The van der Waals surface area contributed by atoms with Gasteiger partial charge < -0.3 is 14.0 Å². The normalized spacial score (nSPS) is 33.6. The molecule has 0 bridgehead atoms. The molecule has 2 aromatic carbocycles. The zero-order valence-electron chi connectivity index (χ0n) is 39.6. The first-order valence-corrected chi connectivity index (χ1v) is 26.9. The SMILES string of the molecule is CC1CC(C)C2C(C1)C1C=CC=CC1N2C1CCc2c3c(n(-c4ccc(C5C=CC(n6c7c(c8c6CCCC8)C=CC(N6c8ccccc8C8CCCCC86)C7)=CC5)cc4)c2C1)C=CCC3. The smallest absolute Gasteiger partial charge is 0.0534 e. The van der Waals surface area contributed by atoms with Crippen LogP contribution in [0.25, 0.3) is 23.5 Å². The molecular weight excluding hydrogens is 801 g/mol. The lowest BCUT2D eigenvalue weighted by molar-refractivity contribution is 0.0536. The van der Waals surface area contributed by atoms with Crippen molar-refractivity contribution in [3.63, 3.8) is 0 Å². The molecule has 2 saturated carbocycles. The van der Waals surface area contributed by atoms with Gasteiger partial charge in [0.1, 0.15) is 0 Å². The molecule has 2 aromatic heterocycles. The summed E-state index contributed by atoms with van der Waals surface area (Å²) in [5.41, 5.74) is 20.1. The number of allylic oxidation sites excluding steroid dienone is 7. The second kappa shape index (κ2) is 15.9. The highest BCUT2D eigenvalue weighted by Crippen LogP contribution is 2.53. The van der Waals surface area contributed by atoms with E-state index >= 15 is 0 Å². The zero-order valence-corrected chi connectivity index (χ0v) is 39.6. The highest BCUT2D eigenvalue weighted by atomic mass is 15.3. The molecule has 4 nitrogen and oxygen atoms in total. The lowest BCUT2D eigenvalue weighted by Crippen LogP contribution is -2.51. The van der Waals surface area contributed by atoms with Crippen LogP contribution >= 0.6 is 0 Å². The monoisotopic (exact) mass is 871 g/mol. The Labute approximate surface area is 394 Å². The average molecular weight is 871 g/mol. The molecule has 3 fully saturated rings. The maximum Gasteiger partial charge on any atom is 0.0534 e. The van der Waals surface area contributed by atoms with Crippen LogP contribution in [-0.4, -0.2) is 44.2 Å². The summed E-state index contributed by atoms with van der Waals surface area (Å²) in [7, 11) is 0. The molecular formula is C62H70N4. The lowest BCUT2D eigenvalue weighted by Gasteiger charge is -2.45. The number of likely N-dealkylation sites (tertiary alicyclic amines) is 1. The Hall–Kier alpha value is -4.80. The van der Waals surface area contributed by atoms with Crippen LogP contribution in [0.5, 0.6) is 0 Å². The second-order valence-corrected chi connectivity index (χ2v) is 22.8. The summed E-state index contributed by atoms with van der Waals surface area (Å²) < 4.78 is 5.48. The van der Waals surface area contributed by atoms with E-state index in [2.05, 4.69) is 148 Å². The molecule has 0 amide bonds. The van der Waals surface area contributed by atoms with Crippen LogP contribution in [-0.2, 0) is 38.5 Å². The van der Waals surface area contributed by atoms with Gasteiger partial charge in [0, 0.05) is 94.6 Å². The van der Waals surface area contributed by atoms with Gasteiger partial charge in [-0.05, 0) is 165 Å². The molecule has 11 atom stereocenters. The number of anilines is 1. The average Bonchev–Trinajstić information content (AvgIpc) is 4.09. The highest BCUT2D eigenvalue weighted by molar-refractivity contribution is 5.73. The Morgan fingerprint density at radius 2 is 1.55 bits per heavy atom. The van der Waals surface area contributed by atoms with E-state index in [1.807, 2.05) is 0 Å². The third-order valence-electron chi connectivity index (χ3n) is 19.2. The van der Waals surface area contributed by atoms with Crippen molar-refractivity contribution in [2.24, 2.45) is 23.7 Å². The van der Waals surface area contributed by atoms with Gasteiger partial charge in [-0.2, -0.15) is 0 Å². The second-order valence-electron chi connectivity index (χ2n) is 22.8. The van der Waals surface area contributed by atoms with Crippen LogP contribution in [0, 0.1) is 23.7 Å². The van der Waals surface area contributed by atoms with Gasteiger partial charge in [0.15, 0.2) is 0 Å². The van der Waals surface area contributed by atoms with E-state index in [0.717, 1.165) is 30.6 Å². The molecule has 1 saturated heterocycles. The van der Waals surface area contributed by atoms with Gasteiger partial charge in [-0.15, -0.1) is 0 Å². The Balaban J connectivity index is 0.741. The van der Waals surface area contributed by atoms with Crippen LogP contribution in [0.1, 0.15) is 152 Å². The minimum absolute atomic E-state index is 0.396. The summed E-state index contributed by atoms with van der Waals surface area (Å²) in [6.07, 6.45) is 48.9. The van der Waals surface area contributed by atoms with E-state index in [1.165, 1.54) is 125 Å². The first-order valence-electron chi connectivity index (χ1n) is 26.9. The third kappa shape index (κ3) is 6.18. The molecule has 10 aliphatic rings. The molecule has 0 radical (unpaired) electrons. The standard InChI is InChI=1S/C62H70N4/c1-39-35-40(2)62-54(36-39)51-17-7-12-22-59(51)66(62)46-32-34-53-50-16-6-9-19-56(50)64(61(53)38-46)44-29-25-42(26-30-44)41-23-27-43(28-24-41)63-55-18-8-5-15-49(55)52-33-31-45(37-60(52)63)65-57-20-10-3-13-47(57)48-14-4-11-21-58(48)65/h3,7,9-10,12-13,17,19-20,22-23,25-31,33,39-41,45-46,48,51,54,58-59,62H,4-6,8,11,14-16,18,21,24,32,34-38H2,1-2H3. The topological polar surface area (TPSA) is 16.3 Å².